The Hall–Kier alpha value is -2.83. The second-order valence-electron chi connectivity index (χ2n) is 11.3. The van der Waals surface area contributed by atoms with Gasteiger partial charge in [-0.25, -0.2) is 4.98 Å². The smallest absolute Gasteiger partial charge is 0.225 e. The third-order valence-corrected chi connectivity index (χ3v) is 7.79. The van der Waals surface area contributed by atoms with Crippen LogP contribution < -0.4 is 27.0 Å². The molecule has 2 aromatic heterocycles. The normalized spacial score (nSPS) is 17.2. The molecular weight excluding hydrogens is 506 g/mol. The van der Waals surface area contributed by atoms with Gasteiger partial charge in [0.15, 0.2) is 0 Å². The molecule has 12 heteroatoms. The molecule has 0 atom stereocenters. The van der Waals surface area contributed by atoms with Gasteiger partial charge in [-0.15, -0.1) is 5.10 Å². The number of primary amides is 1. The minimum absolute atomic E-state index is 0.240. The Morgan fingerprint density at radius 2 is 1.80 bits per heavy atom. The van der Waals surface area contributed by atoms with Gasteiger partial charge >= 0.3 is 0 Å². The maximum atomic E-state index is 11.0. The molecule has 6 N–H and O–H groups in total. The highest BCUT2D eigenvalue weighted by molar-refractivity contribution is 5.73. The highest BCUT2D eigenvalue weighted by atomic mass is 16.1. The van der Waals surface area contributed by atoms with Crippen molar-refractivity contribution >= 4 is 17.7 Å². The van der Waals surface area contributed by atoms with Crippen molar-refractivity contribution in [2.24, 2.45) is 5.73 Å². The van der Waals surface area contributed by atoms with Gasteiger partial charge < -0.3 is 31.9 Å². The van der Waals surface area contributed by atoms with Crippen LogP contribution in [-0.2, 0) is 17.9 Å². The number of piperidine rings is 1. The summed E-state index contributed by atoms with van der Waals surface area (Å²) in [5.74, 6) is 1.17. The van der Waals surface area contributed by atoms with Crippen LogP contribution in [0.5, 0.6) is 0 Å². The zero-order chi connectivity index (χ0) is 28.0. The molecule has 0 radical (unpaired) electrons. The number of nitrogens with one attached hydrogen (secondary N) is 4. The van der Waals surface area contributed by atoms with E-state index in [4.69, 9.17) is 5.73 Å². The average Bonchev–Trinajstić information content (AvgIpc) is 3.41. The van der Waals surface area contributed by atoms with Crippen molar-refractivity contribution in [1.29, 1.82) is 0 Å². The Balaban J connectivity index is 1.09. The fourth-order valence-electron chi connectivity index (χ4n) is 5.52. The van der Waals surface area contributed by atoms with Crippen molar-refractivity contribution < 1.29 is 4.79 Å². The molecule has 0 bridgehead atoms. The van der Waals surface area contributed by atoms with E-state index in [0.717, 1.165) is 88.3 Å². The van der Waals surface area contributed by atoms with Crippen molar-refractivity contribution in [3.05, 3.63) is 23.7 Å². The van der Waals surface area contributed by atoms with Gasteiger partial charge in [0, 0.05) is 56.4 Å². The SMILES string of the molecule is Cc1cc(NC2CCN(CCC(N)=O)CC2)nc(NCc2cn(CCCNCCCNC3CCCCC3)nn2)n1. The molecule has 4 rings (SSSR count). The molecule has 222 valence electrons. The van der Waals surface area contributed by atoms with Gasteiger partial charge in [0.1, 0.15) is 11.5 Å². The standard InChI is InChI=1S/C28H49N11O/c1-22-19-27(34-24-9-16-38(17-10-24)18-11-26(29)40)35-28(33-22)32-20-25-21-39(37-36-25)15-6-13-30-12-5-14-31-23-7-3-2-4-8-23/h19,21,23-24,30-31H,2-18,20H2,1H3,(H2,29,40)(H2,32,33,34,35). The van der Waals surface area contributed by atoms with Gasteiger partial charge in [-0.1, -0.05) is 24.5 Å². The number of aryl methyl sites for hydroxylation is 2. The number of carbonyl (C=O) groups is 1. The number of hydrogen-bond donors (Lipinski definition) is 5. The monoisotopic (exact) mass is 555 g/mol. The molecule has 0 spiro atoms. The van der Waals surface area contributed by atoms with Crippen LogP contribution in [0.4, 0.5) is 11.8 Å². The van der Waals surface area contributed by atoms with Gasteiger partial charge in [-0.3, -0.25) is 9.48 Å². The van der Waals surface area contributed by atoms with E-state index >= 15 is 0 Å². The summed E-state index contributed by atoms with van der Waals surface area (Å²) in [6.07, 6.45) is 13.5. The Kier molecular flexibility index (Phi) is 12.4. The molecule has 1 aliphatic carbocycles. The maximum absolute atomic E-state index is 11.0. The van der Waals surface area contributed by atoms with Crippen molar-refractivity contribution in [2.45, 2.75) is 96.3 Å². The number of amides is 1. The number of rotatable bonds is 17. The summed E-state index contributed by atoms with van der Waals surface area (Å²) in [6, 6.07) is 3.07. The van der Waals surface area contributed by atoms with Gasteiger partial charge in [0.25, 0.3) is 0 Å². The lowest BCUT2D eigenvalue weighted by Crippen LogP contribution is -2.40. The van der Waals surface area contributed by atoms with Gasteiger partial charge in [0.2, 0.25) is 11.9 Å². The lowest BCUT2D eigenvalue weighted by atomic mass is 9.95. The van der Waals surface area contributed by atoms with E-state index < -0.39 is 0 Å². The van der Waals surface area contributed by atoms with E-state index in [-0.39, 0.29) is 5.91 Å². The fourth-order valence-corrected chi connectivity index (χ4v) is 5.52. The third-order valence-electron chi connectivity index (χ3n) is 7.79. The van der Waals surface area contributed by atoms with E-state index in [0.29, 0.717) is 25.0 Å². The van der Waals surface area contributed by atoms with E-state index in [9.17, 15) is 4.79 Å². The Morgan fingerprint density at radius 1 is 1.00 bits per heavy atom. The quantitative estimate of drug-likeness (QED) is 0.183. The number of aromatic nitrogens is 5. The summed E-state index contributed by atoms with van der Waals surface area (Å²) in [7, 11) is 0. The Bertz CT molecular complexity index is 1020. The van der Waals surface area contributed by atoms with Crippen molar-refractivity contribution in [3.63, 3.8) is 0 Å². The van der Waals surface area contributed by atoms with E-state index in [1.807, 2.05) is 23.9 Å². The van der Waals surface area contributed by atoms with Crippen LogP contribution in [0, 0.1) is 6.92 Å². The zero-order valence-electron chi connectivity index (χ0n) is 24.2. The summed E-state index contributed by atoms with van der Waals surface area (Å²) in [5, 5.41) is 22.7. The molecule has 40 heavy (non-hydrogen) atoms. The lowest BCUT2D eigenvalue weighted by Gasteiger charge is -2.32. The minimum Gasteiger partial charge on any atom is -0.370 e. The molecule has 12 nitrogen and oxygen atoms in total. The topological polar surface area (TPSA) is 151 Å². The van der Waals surface area contributed by atoms with Gasteiger partial charge in [0.05, 0.1) is 12.7 Å². The van der Waals surface area contributed by atoms with Crippen LogP contribution in [0.2, 0.25) is 0 Å². The highest BCUT2D eigenvalue weighted by Crippen LogP contribution is 2.18. The first-order valence-corrected chi connectivity index (χ1v) is 15.2. The number of anilines is 2. The molecule has 1 amide bonds. The highest BCUT2D eigenvalue weighted by Gasteiger charge is 2.20. The van der Waals surface area contributed by atoms with E-state index in [2.05, 4.69) is 46.4 Å². The Morgan fingerprint density at radius 3 is 2.60 bits per heavy atom. The van der Waals surface area contributed by atoms with Crippen LogP contribution in [0.3, 0.4) is 0 Å². The fraction of sp³-hybridized carbons (Fsp3) is 0.750. The minimum atomic E-state index is -0.240. The van der Waals surface area contributed by atoms with Crippen molar-refractivity contribution in [3.8, 4) is 0 Å². The summed E-state index contributed by atoms with van der Waals surface area (Å²) < 4.78 is 1.91. The summed E-state index contributed by atoms with van der Waals surface area (Å²) in [4.78, 5) is 22.5. The van der Waals surface area contributed by atoms with Crippen molar-refractivity contribution in [1.82, 2.24) is 40.5 Å². The number of carbonyl (C=O) groups excluding carboxylic acids is 1. The lowest BCUT2D eigenvalue weighted by molar-refractivity contribution is -0.118. The summed E-state index contributed by atoms with van der Waals surface area (Å²) in [6.45, 7) is 9.12. The second kappa shape index (κ2) is 16.4. The zero-order valence-corrected chi connectivity index (χ0v) is 24.2. The average molecular weight is 556 g/mol. The van der Waals surface area contributed by atoms with Gasteiger partial charge in [-0.05, 0) is 65.1 Å². The molecule has 1 aliphatic heterocycles. The molecular formula is C28H49N11O. The molecule has 2 aromatic rings. The van der Waals surface area contributed by atoms with E-state index in [1.54, 1.807) is 0 Å². The first-order valence-electron chi connectivity index (χ1n) is 15.2. The first-order chi connectivity index (χ1) is 19.5. The number of nitrogens with zero attached hydrogens (tertiary/aromatic N) is 6. The largest absolute Gasteiger partial charge is 0.370 e. The Labute approximate surface area is 238 Å². The molecule has 1 saturated carbocycles. The third kappa shape index (κ3) is 11.0. The molecule has 2 fully saturated rings. The summed E-state index contributed by atoms with van der Waals surface area (Å²) in [5.41, 5.74) is 7.05. The van der Waals surface area contributed by atoms with Crippen LogP contribution in [-0.4, -0.2) is 87.1 Å². The first kappa shape index (κ1) is 30.1. The van der Waals surface area contributed by atoms with Crippen LogP contribution in [0.15, 0.2) is 12.3 Å². The second-order valence-corrected chi connectivity index (χ2v) is 11.3. The molecule has 3 heterocycles. The predicted molar refractivity (Wildman–Crippen MR) is 158 cm³/mol. The molecule has 1 saturated heterocycles. The summed E-state index contributed by atoms with van der Waals surface area (Å²) >= 11 is 0. The van der Waals surface area contributed by atoms with Crippen LogP contribution in [0.25, 0.3) is 0 Å². The predicted octanol–water partition coefficient (Wildman–Crippen LogP) is 2.03. The van der Waals surface area contributed by atoms with E-state index in [1.165, 1.54) is 38.5 Å². The van der Waals surface area contributed by atoms with Crippen molar-refractivity contribution in [2.75, 3.05) is 49.9 Å². The number of nitrogens with two attached hydrogens (primary N) is 1. The number of hydrogen-bond acceptors (Lipinski definition) is 10. The maximum Gasteiger partial charge on any atom is 0.225 e. The van der Waals surface area contributed by atoms with Crippen LogP contribution in [0.1, 0.15) is 75.6 Å². The number of likely N-dealkylation sites (tertiary alicyclic amines) is 1. The molecule has 2 aliphatic rings. The van der Waals surface area contributed by atoms with Gasteiger partial charge in [-0.2, -0.15) is 4.98 Å². The molecule has 0 aromatic carbocycles. The molecule has 0 unspecified atom stereocenters. The van der Waals surface area contributed by atoms with Crippen LogP contribution >= 0.6 is 0 Å².